The zero-order chi connectivity index (χ0) is 19.0. The quantitative estimate of drug-likeness (QED) is 0.293. The molecule has 0 radical (unpaired) electrons. The maximum absolute atomic E-state index is 12.9. The lowest BCUT2D eigenvalue weighted by atomic mass is 10.1. The Morgan fingerprint density at radius 1 is 0.920 bits per heavy atom. The first kappa shape index (κ1) is 23.5. The van der Waals surface area contributed by atoms with Crippen molar-refractivity contribution in [1.29, 1.82) is 0 Å². The van der Waals surface area contributed by atoms with Gasteiger partial charge in [-0.15, -0.1) is 0 Å². The van der Waals surface area contributed by atoms with Gasteiger partial charge in [-0.3, -0.25) is 0 Å². The monoisotopic (exact) mass is 358 g/mol. The van der Waals surface area contributed by atoms with Gasteiger partial charge >= 0.3 is 11.9 Å². The largest absolute Gasteiger partial charge is 0.477 e. The summed E-state index contributed by atoms with van der Waals surface area (Å²) in [5, 5.41) is 17.4. The van der Waals surface area contributed by atoms with E-state index in [2.05, 4.69) is 31.2 Å². The number of carboxylic acid groups (broad SMARTS) is 1. The maximum atomic E-state index is 12.9. The summed E-state index contributed by atoms with van der Waals surface area (Å²) in [5.41, 5.74) is 0. The van der Waals surface area contributed by atoms with E-state index in [4.69, 9.17) is 10.2 Å². The van der Waals surface area contributed by atoms with Crippen LogP contribution in [-0.2, 0) is 4.79 Å². The Morgan fingerprint density at radius 2 is 1.40 bits per heavy atom. The topological polar surface area (TPSA) is 57.5 Å². The molecule has 0 rings (SSSR count). The van der Waals surface area contributed by atoms with Crippen LogP contribution in [0.2, 0.25) is 0 Å². The van der Waals surface area contributed by atoms with Crippen LogP contribution in [0.4, 0.5) is 8.78 Å². The van der Waals surface area contributed by atoms with E-state index < -0.39 is 18.0 Å². The number of aliphatic hydroxyl groups excluding tert-OH is 1. The molecular weight excluding hydrogens is 326 g/mol. The van der Waals surface area contributed by atoms with E-state index in [1.165, 1.54) is 25.3 Å². The summed E-state index contributed by atoms with van der Waals surface area (Å²) >= 11 is 0. The Hall–Kier alpha value is -1.49. The first-order valence-corrected chi connectivity index (χ1v) is 9.17. The lowest BCUT2D eigenvalue weighted by molar-refractivity contribution is -0.181. The summed E-state index contributed by atoms with van der Waals surface area (Å²) in [6.45, 7) is 2.20. The summed E-state index contributed by atoms with van der Waals surface area (Å²) in [6, 6.07) is 0. The van der Waals surface area contributed by atoms with Gasteiger partial charge in [0.1, 0.15) is 6.10 Å². The van der Waals surface area contributed by atoms with E-state index in [-0.39, 0.29) is 6.42 Å². The Balaban J connectivity index is 3.60. The second-order valence-electron chi connectivity index (χ2n) is 6.11. The molecule has 0 saturated carbocycles. The summed E-state index contributed by atoms with van der Waals surface area (Å²) in [7, 11) is 0. The molecule has 0 fully saturated rings. The van der Waals surface area contributed by atoms with Crippen molar-refractivity contribution >= 4 is 5.97 Å². The van der Waals surface area contributed by atoms with Gasteiger partial charge in [0.15, 0.2) is 0 Å². The predicted octanol–water partition coefficient (Wildman–Crippen LogP) is 5.66. The molecule has 0 heterocycles. The smallest absolute Gasteiger partial charge is 0.377 e. The molecule has 0 aliphatic rings. The summed E-state index contributed by atoms with van der Waals surface area (Å²) in [6.07, 6.45) is 18.9. The standard InChI is InChI=1S/C20H32F2O3/c1-2-3-4-5-6-7-8-9-10-11-12-13-14-15-16-17-18(23)20(21,22)19(24)25/h6-7,9-10,15-16,18,23H,2-5,8,11-14,17H2,1H3,(H,24,25). The van der Waals surface area contributed by atoms with Gasteiger partial charge in [-0.05, 0) is 51.4 Å². The van der Waals surface area contributed by atoms with Gasteiger partial charge in [-0.25, -0.2) is 4.79 Å². The number of allylic oxidation sites excluding steroid dienone is 5. The van der Waals surface area contributed by atoms with Gasteiger partial charge in [-0.2, -0.15) is 8.78 Å². The Labute approximate surface area is 150 Å². The van der Waals surface area contributed by atoms with Gasteiger partial charge in [-0.1, -0.05) is 56.2 Å². The van der Waals surface area contributed by atoms with Crippen molar-refractivity contribution in [1.82, 2.24) is 0 Å². The fourth-order valence-corrected chi connectivity index (χ4v) is 2.18. The average molecular weight is 358 g/mol. The van der Waals surface area contributed by atoms with E-state index in [1.54, 1.807) is 6.08 Å². The van der Waals surface area contributed by atoms with Crippen molar-refractivity contribution < 1.29 is 23.8 Å². The van der Waals surface area contributed by atoms with Crippen molar-refractivity contribution in [2.75, 3.05) is 0 Å². The van der Waals surface area contributed by atoms with Crippen LogP contribution in [0, 0.1) is 0 Å². The van der Waals surface area contributed by atoms with Gasteiger partial charge in [0.25, 0.3) is 0 Å². The van der Waals surface area contributed by atoms with Crippen LogP contribution in [0.1, 0.15) is 71.1 Å². The molecule has 0 aromatic rings. The number of carboxylic acids is 1. The molecule has 144 valence electrons. The molecule has 0 aromatic carbocycles. The second-order valence-corrected chi connectivity index (χ2v) is 6.11. The van der Waals surface area contributed by atoms with E-state index >= 15 is 0 Å². The second kappa shape index (κ2) is 14.8. The first-order chi connectivity index (χ1) is 11.9. The molecule has 3 nitrogen and oxygen atoms in total. The van der Waals surface area contributed by atoms with Gasteiger partial charge in [0.2, 0.25) is 0 Å². The first-order valence-electron chi connectivity index (χ1n) is 9.17. The molecule has 5 heteroatoms. The highest BCUT2D eigenvalue weighted by Crippen LogP contribution is 2.21. The molecule has 0 aromatic heterocycles. The summed E-state index contributed by atoms with van der Waals surface area (Å²) in [5.74, 6) is -6.39. The molecule has 0 amide bonds. The minimum absolute atomic E-state index is 0.357. The van der Waals surface area contributed by atoms with Gasteiger partial charge in [0.05, 0.1) is 0 Å². The van der Waals surface area contributed by atoms with Crippen molar-refractivity contribution in [2.24, 2.45) is 0 Å². The van der Waals surface area contributed by atoms with E-state index in [1.807, 2.05) is 0 Å². The molecule has 2 N–H and O–H groups in total. The third kappa shape index (κ3) is 12.5. The van der Waals surface area contributed by atoms with Gasteiger partial charge < -0.3 is 10.2 Å². The minimum atomic E-state index is -4.10. The number of rotatable bonds is 15. The highest BCUT2D eigenvalue weighted by atomic mass is 19.3. The van der Waals surface area contributed by atoms with Crippen LogP contribution in [-0.4, -0.2) is 28.2 Å². The van der Waals surface area contributed by atoms with Crippen molar-refractivity contribution in [3.63, 3.8) is 0 Å². The van der Waals surface area contributed by atoms with Crippen LogP contribution in [0.25, 0.3) is 0 Å². The van der Waals surface area contributed by atoms with Crippen LogP contribution in [0.3, 0.4) is 0 Å². The highest BCUT2D eigenvalue weighted by molar-refractivity contribution is 5.76. The summed E-state index contributed by atoms with van der Waals surface area (Å²) in [4.78, 5) is 10.3. The molecule has 0 bridgehead atoms. The van der Waals surface area contributed by atoms with Crippen molar-refractivity contribution in [2.45, 2.75) is 83.2 Å². The molecule has 0 aliphatic heterocycles. The van der Waals surface area contributed by atoms with E-state index in [0.717, 1.165) is 38.5 Å². The molecule has 0 aliphatic carbocycles. The third-order valence-corrected chi connectivity index (χ3v) is 3.80. The number of hydrogen-bond donors (Lipinski definition) is 2. The Bertz CT molecular complexity index is 429. The number of aliphatic hydroxyl groups is 1. The van der Waals surface area contributed by atoms with Crippen molar-refractivity contribution in [3.8, 4) is 0 Å². The lowest BCUT2D eigenvalue weighted by Gasteiger charge is -2.16. The molecule has 25 heavy (non-hydrogen) atoms. The van der Waals surface area contributed by atoms with Crippen LogP contribution in [0.5, 0.6) is 0 Å². The fourth-order valence-electron chi connectivity index (χ4n) is 2.18. The number of carbonyl (C=O) groups is 1. The molecule has 1 atom stereocenters. The Morgan fingerprint density at radius 3 is 1.88 bits per heavy atom. The number of halogens is 2. The number of hydrogen-bond acceptors (Lipinski definition) is 2. The van der Waals surface area contributed by atoms with E-state index in [0.29, 0.717) is 0 Å². The SMILES string of the molecule is CCCCCC=CCC=CCCCCC=CCC(O)C(F)(F)C(=O)O. The zero-order valence-corrected chi connectivity index (χ0v) is 15.2. The molecule has 1 unspecified atom stereocenters. The fraction of sp³-hybridized carbons (Fsp3) is 0.650. The normalized spacial score (nSPS) is 14.1. The zero-order valence-electron chi connectivity index (χ0n) is 15.2. The number of unbranched alkanes of at least 4 members (excludes halogenated alkanes) is 6. The van der Waals surface area contributed by atoms with Crippen LogP contribution < -0.4 is 0 Å². The third-order valence-electron chi connectivity index (χ3n) is 3.80. The minimum Gasteiger partial charge on any atom is -0.477 e. The van der Waals surface area contributed by atoms with Crippen LogP contribution in [0.15, 0.2) is 36.5 Å². The average Bonchev–Trinajstić information content (AvgIpc) is 2.57. The Kier molecular flexibility index (Phi) is 13.9. The predicted molar refractivity (Wildman–Crippen MR) is 97.9 cm³/mol. The van der Waals surface area contributed by atoms with Gasteiger partial charge in [0, 0.05) is 0 Å². The number of alkyl halides is 2. The molecular formula is C20H32F2O3. The van der Waals surface area contributed by atoms with E-state index in [9.17, 15) is 13.6 Å². The lowest BCUT2D eigenvalue weighted by Crippen LogP contribution is -2.40. The molecule has 0 saturated heterocycles. The molecule has 0 spiro atoms. The summed E-state index contributed by atoms with van der Waals surface area (Å²) < 4.78 is 25.8. The van der Waals surface area contributed by atoms with Crippen molar-refractivity contribution in [3.05, 3.63) is 36.5 Å². The van der Waals surface area contributed by atoms with Crippen LogP contribution >= 0.6 is 0 Å². The number of aliphatic carboxylic acids is 1. The maximum Gasteiger partial charge on any atom is 0.377 e. The highest BCUT2D eigenvalue weighted by Gasteiger charge is 2.46.